The molecule has 0 atom stereocenters. The van der Waals surface area contributed by atoms with Gasteiger partial charge in [0, 0.05) is 35.3 Å². The van der Waals surface area contributed by atoms with Gasteiger partial charge in [0.25, 0.3) is 21.5 Å². The van der Waals surface area contributed by atoms with Gasteiger partial charge in [0.2, 0.25) is 0 Å². The highest BCUT2D eigenvalue weighted by molar-refractivity contribution is 7.90. The van der Waals surface area contributed by atoms with Gasteiger partial charge in [0.1, 0.15) is 5.82 Å². The normalized spacial score (nSPS) is 11.5. The van der Waals surface area contributed by atoms with Crippen molar-refractivity contribution < 1.29 is 13.2 Å². The third-order valence-corrected chi connectivity index (χ3v) is 7.27. The minimum atomic E-state index is -4.35. The molecule has 3 N–H and O–H groups in total. The molecule has 0 radical (unpaired) electrons. The molecule has 2 aromatic heterocycles. The number of nitrogens with zero attached hydrogens (tertiary/aromatic N) is 3. The first-order valence-corrected chi connectivity index (χ1v) is 12.1. The maximum absolute atomic E-state index is 13.4. The summed E-state index contributed by atoms with van der Waals surface area (Å²) in [4.78, 5) is 42.9. The summed E-state index contributed by atoms with van der Waals surface area (Å²) in [5, 5.41) is 0.330. The van der Waals surface area contributed by atoms with E-state index in [1.54, 1.807) is 12.1 Å². The van der Waals surface area contributed by atoms with Crippen LogP contribution in [0.5, 0.6) is 0 Å². The highest BCUT2D eigenvalue weighted by Gasteiger charge is 2.29. The summed E-state index contributed by atoms with van der Waals surface area (Å²) in [5.74, 6) is -1.54. The number of aryl methyl sites for hydroxylation is 1. The highest BCUT2D eigenvalue weighted by Crippen LogP contribution is 2.36. The number of sulfonamides is 1. The van der Waals surface area contributed by atoms with Crippen LogP contribution in [0.3, 0.4) is 0 Å². The average molecular weight is 534 g/mol. The zero-order valence-corrected chi connectivity index (χ0v) is 20.6. The first-order valence-electron chi connectivity index (χ1n) is 9.91. The molecule has 1 amide bonds. The second kappa shape index (κ2) is 8.84. The molecule has 10 nitrogen and oxygen atoms in total. The van der Waals surface area contributed by atoms with Crippen LogP contribution in [0.1, 0.15) is 10.4 Å². The molecule has 4 aromatic rings. The van der Waals surface area contributed by atoms with Crippen molar-refractivity contribution >= 4 is 56.0 Å². The molecule has 0 aliphatic rings. The molecule has 0 fully saturated rings. The molecule has 0 unspecified atom stereocenters. The van der Waals surface area contributed by atoms with Gasteiger partial charge in [-0.1, -0.05) is 41.4 Å². The van der Waals surface area contributed by atoms with E-state index in [0.29, 0.717) is 5.02 Å². The lowest BCUT2D eigenvalue weighted by atomic mass is 9.96. The summed E-state index contributed by atoms with van der Waals surface area (Å²) in [6.45, 7) is 0. The largest absolute Gasteiger partial charge is 0.383 e. The molecule has 0 saturated heterocycles. The molecule has 0 aliphatic heterocycles. The van der Waals surface area contributed by atoms with Crippen LogP contribution >= 0.6 is 23.2 Å². The van der Waals surface area contributed by atoms with E-state index in [9.17, 15) is 22.8 Å². The maximum atomic E-state index is 13.4. The van der Waals surface area contributed by atoms with E-state index < -0.39 is 33.0 Å². The monoisotopic (exact) mass is 533 g/mol. The summed E-state index contributed by atoms with van der Waals surface area (Å²) in [6.07, 6.45) is 0. The first kappa shape index (κ1) is 24.5. The number of carbonyl (C=O) groups excluding carboxylic acids is 1. The molecular weight excluding hydrogens is 517 g/mol. The van der Waals surface area contributed by atoms with Crippen LogP contribution in [0.15, 0.2) is 63.0 Å². The van der Waals surface area contributed by atoms with Crippen LogP contribution in [-0.4, -0.2) is 28.4 Å². The van der Waals surface area contributed by atoms with E-state index >= 15 is 0 Å². The van der Waals surface area contributed by atoms with Crippen LogP contribution < -0.4 is 21.7 Å². The second-order valence-corrected chi connectivity index (χ2v) is 10.0. The van der Waals surface area contributed by atoms with E-state index in [0.717, 1.165) is 9.13 Å². The van der Waals surface area contributed by atoms with Crippen LogP contribution in [0.25, 0.3) is 22.2 Å². The Morgan fingerprint density at radius 3 is 2.26 bits per heavy atom. The van der Waals surface area contributed by atoms with Gasteiger partial charge < -0.3 is 5.73 Å². The number of nitrogens with two attached hydrogens (primary N) is 1. The van der Waals surface area contributed by atoms with Crippen LogP contribution in [-0.2, 0) is 24.1 Å². The molecular formula is C22H17Cl2N5O5S. The Balaban J connectivity index is 2.05. The fraction of sp³-hybridized carbons (Fsp3) is 0.0909. The molecule has 35 heavy (non-hydrogen) atoms. The molecule has 0 aliphatic carbocycles. The fourth-order valence-electron chi connectivity index (χ4n) is 3.62. The lowest BCUT2D eigenvalue weighted by Gasteiger charge is -2.17. The minimum absolute atomic E-state index is 0.0573. The van der Waals surface area contributed by atoms with E-state index in [1.807, 2.05) is 4.72 Å². The standard InChI is InChI=1S/C22H17Cl2N5O5S/c1-28-19-17(21(31)29(2)22(28)32)15(13-5-3-4-6-14(13)24)16(18(25)26-19)20(30)27-35(33,34)12-9-7-11(23)8-10-12/h3-10H,1-2H3,(H2,25,26)(H,27,30). The number of anilines is 1. The van der Waals surface area contributed by atoms with Crippen molar-refractivity contribution in [2.45, 2.75) is 4.90 Å². The number of nitrogens with one attached hydrogen (secondary N) is 1. The molecule has 4 rings (SSSR count). The summed E-state index contributed by atoms with van der Waals surface area (Å²) < 4.78 is 29.6. The smallest absolute Gasteiger partial charge is 0.332 e. The van der Waals surface area contributed by atoms with Crippen molar-refractivity contribution in [2.75, 3.05) is 5.73 Å². The first-order chi connectivity index (χ1) is 16.4. The third-order valence-electron chi connectivity index (χ3n) is 5.34. The fourth-order valence-corrected chi connectivity index (χ4v) is 4.93. The summed E-state index contributed by atoms with van der Waals surface area (Å²) in [7, 11) is -1.70. The average Bonchev–Trinajstić information content (AvgIpc) is 2.81. The van der Waals surface area contributed by atoms with Gasteiger partial charge in [-0.3, -0.25) is 18.7 Å². The zero-order chi connectivity index (χ0) is 25.7. The van der Waals surface area contributed by atoms with Gasteiger partial charge in [-0.2, -0.15) is 0 Å². The van der Waals surface area contributed by atoms with Crippen LogP contribution in [0.2, 0.25) is 10.0 Å². The Morgan fingerprint density at radius 1 is 1.00 bits per heavy atom. The van der Waals surface area contributed by atoms with Gasteiger partial charge in [0.15, 0.2) is 5.65 Å². The van der Waals surface area contributed by atoms with Gasteiger partial charge in [-0.25, -0.2) is 22.9 Å². The summed E-state index contributed by atoms with van der Waals surface area (Å²) in [5.41, 5.74) is 4.36. The Bertz CT molecular complexity index is 1750. The number of aromatic nitrogens is 3. The third kappa shape index (κ3) is 4.18. The number of nitrogen functional groups attached to an aromatic ring is 1. The second-order valence-electron chi connectivity index (χ2n) is 7.52. The molecule has 2 heterocycles. The molecule has 13 heteroatoms. The van der Waals surface area contributed by atoms with Crippen molar-refractivity contribution in [2.24, 2.45) is 14.1 Å². The number of benzene rings is 2. The van der Waals surface area contributed by atoms with Crippen molar-refractivity contribution in [1.29, 1.82) is 0 Å². The number of amides is 1. The topological polar surface area (TPSA) is 146 Å². The van der Waals surface area contributed by atoms with E-state index in [4.69, 9.17) is 28.9 Å². The number of pyridine rings is 1. The minimum Gasteiger partial charge on any atom is -0.383 e. The van der Waals surface area contributed by atoms with Gasteiger partial charge in [-0.15, -0.1) is 0 Å². The lowest BCUT2D eigenvalue weighted by Crippen LogP contribution is -2.38. The number of halogens is 2. The quantitative estimate of drug-likeness (QED) is 0.409. The number of carbonyl (C=O) groups is 1. The molecule has 0 bridgehead atoms. The summed E-state index contributed by atoms with van der Waals surface area (Å²) >= 11 is 12.2. The van der Waals surface area contributed by atoms with Gasteiger partial charge in [-0.05, 0) is 30.3 Å². The predicted octanol–water partition coefficient (Wildman–Crippen LogP) is 2.31. The van der Waals surface area contributed by atoms with E-state index in [2.05, 4.69) is 4.98 Å². The Kier molecular flexibility index (Phi) is 6.18. The van der Waals surface area contributed by atoms with Gasteiger partial charge >= 0.3 is 5.69 Å². The van der Waals surface area contributed by atoms with E-state index in [1.165, 1.54) is 50.5 Å². The van der Waals surface area contributed by atoms with Crippen LogP contribution in [0.4, 0.5) is 5.82 Å². The van der Waals surface area contributed by atoms with Crippen molar-refractivity contribution in [1.82, 2.24) is 18.8 Å². The maximum Gasteiger partial charge on any atom is 0.332 e. The number of hydrogen-bond donors (Lipinski definition) is 2. The predicted molar refractivity (Wildman–Crippen MR) is 133 cm³/mol. The Labute approximate surface area is 208 Å². The molecule has 0 saturated carbocycles. The van der Waals surface area contributed by atoms with Crippen molar-refractivity contribution in [3.63, 3.8) is 0 Å². The van der Waals surface area contributed by atoms with E-state index in [-0.39, 0.29) is 37.6 Å². The molecule has 180 valence electrons. The lowest BCUT2D eigenvalue weighted by molar-refractivity contribution is 0.0982. The summed E-state index contributed by atoms with van der Waals surface area (Å²) in [6, 6.07) is 11.5. The molecule has 2 aromatic carbocycles. The Morgan fingerprint density at radius 2 is 1.63 bits per heavy atom. The van der Waals surface area contributed by atoms with Gasteiger partial charge in [0.05, 0.1) is 15.8 Å². The zero-order valence-electron chi connectivity index (χ0n) is 18.2. The Hall–Kier alpha value is -3.67. The SMILES string of the molecule is Cn1c(=O)c2c(-c3ccccc3Cl)c(C(=O)NS(=O)(=O)c3ccc(Cl)cc3)c(N)nc2n(C)c1=O. The van der Waals surface area contributed by atoms with Crippen molar-refractivity contribution in [3.05, 3.63) is 85.0 Å². The number of fused-ring (bicyclic) bond motifs is 1. The number of rotatable bonds is 4. The highest BCUT2D eigenvalue weighted by atomic mass is 35.5. The van der Waals surface area contributed by atoms with Crippen LogP contribution in [0, 0.1) is 0 Å². The molecule has 0 spiro atoms. The van der Waals surface area contributed by atoms with Crippen molar-refractivity contribution in [3.8, 4) is 11.1 Å². The number of hydrogen-bond acceptors (Lipinski definition) is 7.